The summed E-state index contributed by atoms with van der Waals surface area (Å²) < 4.78 is 5.82. The molecule has 0 saturated carbocycles. The van der Waals surface area contributed by atoms with Crippen molar-refractivity contribution in [2.75, 3.05) is 12.4 Å². The standard InChI is InChI=1S/C18H18BrNO3S/c1-10-7-8-11(9-13(10)19)16(21)20-17-15(18(22)23-2)12-5-3-4-6-14(12)24-17/h7-9H,3-6H2,1-2H3,(H,20,21). The topological polar surface area (TPSA) is 55.4 Å². The summed E-state index contributed by atoms with van der Waals surface area (Å²) in [4.78, 5) is 26.0. The second-order valence-electron chi connectivity index (χ2n) is 5.82. The smallest absolute Gasteiger partial charge is 0.341 e. The largest absolute Gasteiger partial charge is 0.465 e. The molecule has 3 rings (SSSR count). The molecule has 0 spiro atoms. The van der Waals surface area contributed by atoms with Crippen molar-refractivity contribution in [2.45, 2.75) is 32.6 Å². The fourth-order valence-electron chi connectivity index (χ4n) is 2.88. The zero-order valence-electron chi connectivity index (χ0n) is 13.6. The van der Waals surface area contributed by atoms with E-state index in [0.29, 0.717) is 16.1 Å². The number of fused-ring (bicyclic) bond motifs is 1. The lowest BCUT2D eigenvalue weighted by atomic mass is 9.95. The minimum absolute atomic E-state index is 0.223. The molecule has 0 unspecified atom stereocenters. The zero-order chi connectivity index (χ0) is 17.3. The minimum Gasteiger partial charge on any atom is -0.465 e. The summed E-state index contributed by atoms with van der Waals surface area (Å²) in [6, 6.07) is 5.45. The Morgan fingerprint density at radius 1 is 1.25 bits per heavy atom. The lowest BCUT2D eigenvalue weighted by Crippen LogP contribution is -2.15. The number of nitrogens with one attached hydrogen (secondary N) is 1. The van der Waals surface area contributed by atoms with Gasteiger partial charge in [-0.25, -0.2) is 4.79 Å². The van der Waals surface area contributed by atoms with E-state index in [0.717, 1.165) is 41.3 Å². The first-order valence-electron chi connectivity index (χ1n) is 7.81. The highest BCUT2D eigenvalue weighted by Crippen LogP contribution is 2.38. The number of amides is 1. The highest BCUT2D eigenvalue weighted by Gasteiger charge is 2.27. The van der Waals surface area contributed by atoms with Crippen LogP contribution in [0.3, 0.4) is 0 Å². The normalized spacial score (nSPS) is 13.3. The number of carbonyl (C=O) groups excluding carboxylic acids is 2. The van der Waals surface area contributed by atoms with Crippen molar-refractivity contribution in [1.82, 2.24) is 0 Å². The summed E-state index contributed by atoms with van der Waals surface area (Å²) in [6.07, 6.45) is 4.00. The van der Waals surface area contributed by atoms with Crippen molar-refractivity contribution < 1.29 is 14.3 Å². The molecule has 0 radical (unpaired) electrons. The summed E-state index contributed by atoms with van der Waals surface area (Å²) in [5.74, 6) is -0.603. The Balaban J connectivity index is 1.94. The molecule has 0 aliphatic heterocycles. The van der Waals surface area contributed by atoms with Gasteiger partial charge in [0.2, 0.25) is 0 Å². The van der Waals surface area contributed by atoms with E-state index in [1.165, 1.54) is 23.3 Å². The van der Waals surface area contributed by atoms with Crippen LogP contribution in [0.5, 0.6) is 0 Å². The molecule has 2 aromatic rings. The van der Waals surface area contributed by atoms with E-state index in [-0.39, 0.29) is 11.9 Å². The number of hydrogen-bond donors (Lipinski definition) is 1. The number of hydrogen-bond acceptors (Lipinski definition) is 4. The molecule has 6 heteroatoms. The van der Waals surface area contributed by atoms with Gasteiger partial charge in [-0.1, -0.05) is 22.0 Å². The third-order valence-electron chi connectivity index (χ3n) is 4.22. The van der Waals surface area contributed by atoms with E-state index in [9.17, 15) is 9.59 Å². The number of thiophene rings is 1. The quantitative estimate of drug-likeness (QED) is 0.747. The molecular weight excluding hydrogens is 390 g/mol. The molecule has 0 bridgehead atoms. The average Bonchev–Trinajstić information content (AvgIpc) is 2.94. The molecule has 1 amide bonds. The summed E-state index contributed by atoms with van der Waals surface area (Å²) in [7, 11) is 1.37. The monoisotopic (exact) mass is 407 g/mol. The summed E-state index contributed by atoms with van der Waals surface area (Å²) in [5.41, 5.74) is 3.18. The average molecular weight is 408 g/mol. The van der Waals surface area contributed by atoms with E-state index in [1.54, 1.807) is 12.1 Å². The van der Waals surface area contributed by atoms with Gasteiger partial charge in [-0.2, -0.15) is 0 Å². The highest BCUT2D eigenvalue weighted by atomic mass is 79.9. The van der Waals surface area contributed by atoms with Gasteiger partial charge in [0.1, 0.15) is 5.00 Å². The maximum atomic E-state index is 12.6. The number of rotatable bonds is 3. The zero-order valence-corrected chi connectivity index (χ0v) is 16.0. The number of carbonyl (C=O) groups is 2. The van der Waals surface area contributed by atoms with Crippen LogP contribution in [0.4, 0.5) is 5.00 Å². The molecule has 1 aromatic carbocycles. The second kappa shape index (κ2) is 7.07. The van der Waals surface area contributed by atoms with Crippen molar-refractivity contribution in [1.29, 1.82) is 0 Å². The van der Waals surface area contributed by atoms with Crippen LogP contribution >= 0.6 is 27.3 Å². The van der Waals surface area contributed by atoms with Crippen LogP contribution in [0, 0.1) is 6.92 Å². The Morgan fingerprint density at radius 3 is 2.71 bits per heavy atom. The second-order valence-corrected chi connectivity index (χ2v) is 7.78. The number of ether oxygens (including phenoxy) is 1. The Labute approximate surface area is 153 Å². The van der Waals surface area contributed by atoms with Crippen LogP contribution in [-0.2, 0) is 17.6 Å². The third-order valence-corrected chi connectivity index (χ3v) is 6.28. The van der Waals surface area contributed by atoms with Crippen LogP contribution in [-0.4, -0.2) is 19.0 Å². The van der Waals surface area contributed by atoms with Crippen LogP contribution in [0.1, 0.15) is 49.6 Å². The molecular formula is C18H18BrNO3S. The third kappa shape index (κ3) is 3.26. The number of aryl methyl sites for hydroxylation is 2. The van der Waals surface area contributed by atoms with Gasteiger partial charge >= 0.3 is 5.97 Å². The highest BCUT2D eigenvalue weighted by molar-refractivity contribution is 9.10. The van der Waals surface area contributed by atoms with Crippen LogP contribution in [0.25, 0.3) is 0 Å². The van der Waals surface area contributed by atoms with Crippen LogP contribution in [0.2, 0.25) is 0 Å². The molecule has 1 aliphatic carbocycles. The van der Waals surface area contributed by atoms with Gasteiger partial charge in [-0.15, -0.1) is 11.3 Å². The first kappa shape index (κ1) is 17.2. The Kier molecular flexibility index (Phi) is 5.06. The van der Waals surface area contributed by atoms with Gasteiger partial charge in [0.25, 0.3) is 5.91 Å². The van der Waals surface area contributed by atoms with Gasteiger partial charge in [-0.3, -0.25) is 4.79 Å². The van der Waals surface area contributed by atoms with Gasteiger partial charge in [0, 0.05) is 14.9 Å². The fourth-order valence-corrected chi connectivity index (χ4v) is 4.53. The first-order valence-corrected chi connectivity index (χ1v) is 9.42. The number of methoxy groups -OCH3 is 1. The van der Waals surface area contributed by atoms with Crippen LogP contribution < -0.4 is 5.32 Å². The van der Waals surface area contributed by atoms with Crippen LogP contribution in [0.15, 0.2) is 22.7 Å². The van der Waals surface area contributed by atoms with E-state index in [2.05, 4.69) is 21.2 Å². The van der Waals surface area contributed by atoms with Crippen molar-refractivity contribution >= 4 is 44.1 Å². The summed E-state index contributed by atoms with van der Waals surface area (Å²) >= 11 is 4.94. The van der Waals surface area contributed by atoms with Crippen molar-refractivity contribution in [2.24, 2.45) is 0 Å². The van der Waals surface area contributed by atoms with E-state index >= 15 is 0 Å². The van der Waals surface area contributed by atoms with Gasteiger partial charge in [0.05, 0.1) is 12.7 Å². The molecule has 0 atom stereocenters. The number of benzene rings is 1. The first-order chi connectivity index (χ1) is 11.5. The Hall–Kier alpha value is -1.66. The summed E-state index contributed by atoms with van der Waals surface area (Å²) in [6.45, 7) is 1.97. The number of esters is 1. The molecule has 0 fully saturated rings. The molecule has 0 saturated heterocycles. The predicted octanol–water partition coefficient (Wildman–Crippen LogP) is 4.74. The van der Waals surface area contributed by atoms with E-state index in [1.807, 2.05) is 13.0 Å². The molecule has 1 aromatic heterocycles. The predicted molar refractivity (Wildman–Crippen MR) is 99.1 cm³/mol. The molecule has 4 nitrogen and oxygen atoms in total. The van der Waals surface area contributed by atoms with Gasteiger partial charge in [0.15, 0.2) is 0 Å². The van der Waals surface area contributed by atoms with E-state index in [4.69, 9.17) is 4.74 Å². The van der Waals surface area contributed by atoms with E-state index < -0.39 is 0 Å². The molecule has 1 heterocycles. The lowest BCUT2D eigenvalue weighted by molar-refractivity contribution is 0.0601. The number of anilines is 1. The van der Waals surface area contributed by atoms with Crippen molar-refractivity contribution in [3.05, 3.63) is 49.8 Å². The maximum absolute atomic E-state index is 12.6. The molecule has 126 valence electrons. The SMILES string of the molecule is COC(=O)c1c(NC(=O)c2ccc(C)c(Br)c2)sc2c1CCCC2. The molecule has 1 aliphatic rings. The Morgan fingerprint density at radius 2 is 2.00 bits per heavy atom. The molecule has 24 heavy (non-hydrogen) atoms. The maximum Gasteiger partial charge on any atom is 0.341 e. The fraction of sp³-hybridized carbons (Fsp3) is 0.333. The minimum atomic E-state index is -0.380. The molecule has 1 N–H and O–H groups in total. The number of halogens is 1. The lowest BCUT2D eigenvalue weighted by Gasteiger charge is -2.11. The van der Waals surface area contributed by atoms with Gasteiger partial charge < -0.3 is 10.1 Å². The van der Waals surface area contributed by atoms with Crippen molar-refractivity contribution in [3.8, 4) is 0 Å². The van der Waals surface area contributed by atoms with Gasteiger partial charge in [-0.05, 0) is 55.9 Å². The van der Waals surface area contributed by atoms with Crippen molar-refractivity contribution in [3.63, 3.8) is 0 Å². The summed E-state index contributed by atoms with van der Waals surface area (Å²) in [5, 5.41) is 3.50. The Bertz CT molecular complexity index is 813.